The zero-order valence-electron chi connectivity index (χ0n) is 19.6. The highest BCUT2D eigenvalue weighted by Gasteiger charge is 2.27. The van der Waals surface area contributed by atoms with E-state index in [1.54, 1.807) is 25.3 Å². The number of carbonyl (C=O) groups is 1. The van der Waals surface area contributed by atoms with Gasteiger partial charge in [-0.3, -0.25) is 5.41 Å². The molecule has 0 saturated heterocycles. The minimum absolute atomic E-state index is 0.0834. The topological polar surface area (TPSA) is 159 Å². The van der Waals surface area contributed by atoms with Gasteiger partial charge in [-0.1, -0.05) is 13.0 Å². The molecule has 0 unspecified atom stereocenters. The van der Waals surface area contributed by atoms with E-state index < -0.39 is 10.0 Å². The highest BCUT2D eigenvalue weighted by Crippen LogP contribution is 2.39. The Kier molecular flexibility index (Phi) is 8.50. The van der Waals surface area contributed by atoms with E-state index in [-0.39, 0.29) is 41.6 Å². The third-order valence-corrected chi connectivity index (χ3v) is 8.19. The van der Waals surface area contributed by atoms with Crippen LogP contribution in [0.2, 0.25) is 0 Å². The molecule has 0 atom stereocenters. The van der Waals surface area contributed by atoms with Gasteiger partial charge in [0, 0.05) is 36.0 Å². The number of sulfonamides is 1. The fourth-order valence-electron chi connectivity index (χ4n) is 3.95. The highest BCUT2D eigenvalue weighted by atomic mass is 32.2. The smallest absolute Gasteiger partial charge is 0.407 e. The first-order valence-corrected chi connectivity index (χ1v) is 13.6. The van der Waals surface area contributed by atoms with Crippen LogP contribution in [0.25, 0.3) is 10.4 Å². The number of anilines is 1. The summed E-state index contributed by atoms with van der Waals surface area (Å²) < 4.78 is 33.5. The van der Waals surface area contributed by atoms with E-state index in [9.17, 15) is 13.2 Å². The first kappa shape index (κ1) is 25.9. The van der Waals surface area contributed by atoms with E-state index in [0.29, 0.717) is 11.3 Å². The Morgan fingerprint density at radius 3 is 2.62 bits per heavy atom. The summed E-state index contributed by atoms with van der Waals surface area (Å²) in [6, 6.07) is 4.95. The zero-order chi connectivity index (χ0) is 24.9. The molecule has 34 heavy (non-hydrogen) atoms. The molecule has 1 aromatic carbocycles. The maximum Gasteiger partial charge on any atom is 0.407 e. The van der Waals surface area contributed by atoms with Crippen LogP contribution in [0.5, 0.6) is 0 Å². The Balaban J connectivity index is 1.77. The molecular weight excluding hydrogens is 476 g/mol. The molecule has 1 fully saturated rings. The van der Waals surface area contributed by atoms with Gasteiger partial charge in [-0.25, -0.2) is 22.9 Å². The quantitative estimate of drug-likeness (QED) is 0.269. The molecule has 2 aromatic rings. The number of amides is 1. The van der Waals surface area contributed by atoms with E-state index in [0.717, 1.165) is 35.6 Å². The number of aromatic nitrogens is 1. The third kappa shape index (κ3) is 6.67. The molecule has 0 bridgehead atoms. The standard InChI is InChI=1S/C22H32N6O4S2/c1-4-26-34(30,31)19-11-16(27-21(23)24)9-10-17(19)18-12-25-20(33-18)14-5-7-15(8-6-14)28-22(29)32-13(2)3/h9-15,26H,4-8H2,1-3H3,(H,28,29)(H4,23,24,27)/t14-,15-. The predicted molar refractivity (Wildman–Crippen MR) is 134 cm³/mol. The van der Waals surface area contributed by atoms with Crippen molar-refractivity contribution in [2.24, 2.45) is 5.73 Å². The normalized spacial score (nSPS) is 18.5. The maximum absolute atomic E-state index is 12.9. The van der Waals surface area contributed by atoms with Gasteiger partial charge in [0.05, 0.1) is 20.9 Å². The molecule has 10 nitrogen and oxygen atoms in total. The van der Waals surface area contributed by atoms with Gasteiger partial charge in [0.2, 0.25) is 10.0 Å². The molecule has 1 aliphatic carbocycles. The molecule has 1 aliphatic rings. The molecule has 0 spiro atoms. The number of guanidine groups is 1. The van der Waals surface area contributed by atoms with Crippen LogP contribution in [0, 0.1) is 5.41 Å². The number of thiazole rings is 1. The van der Waals surface area contributed by atoms with Gasteiger partial charge in [-0.05, 0) is 51.7 Å². The molecule has 3 rings (SSSR count). The minimum Gasteiger partial charge on any atom is -0.447 e. The van der Waals surface area contributed by atoms with Crippen molar-refractivity contribution in [3.63, 3.8) is 0 Å². The lowest BCUT2D eigenvalue weighted by Crippen LogP contribution is -2.38. The summed E-state index contributed by atoms with van der Waals surface area (Å²) in [6.45, 7) is 5.60. The lowest BCUT2D eigenvalue weighted by atomic mass is 9.86. The highest BCUT2D eigenvalue weighted by molar-refractivity contribution is 7.89. The number of nitrogens with two attached hydrogens (primary N) is 1. The van der Waals surface area contributed by atoms with Crippen molar-refractivity contribution in [1.29, 1.82) is 5.41 Å². The van der Waals surface area contributed by atoms with Gasteiger partial charge in [-0.2, -0.15) is 0 Å². The first-order valence-electron chi connectivity index (χ1n) is 11.3. The number of hydrogen-bond donors (Lipinski definition) is 5. The van der Waals surface area contributed by atoms with E-state index >= 15 is 0 Å². The molecule has 1 saturated carbocycles. The van der Waals surface area contributed by atoms with Crippen LogP contribution in [0.3, 0.4) is 0 Å². The van der Waals surface area contributed by atoms with Crippen LogP contribution in [0.4, 0.5) is 10.5 Å². The third-order valence-electron chi connectivity index (χ3n) is 5.41. The molecular formula is C22H32N6O4S2. The average Bonchev–Trinajstić information content (AvgIpc) is 3.23. The second-order valence-corrected chi connectivity index (χ2v) is 11.3. The van der Waals surface area contributed by atoms with Crippen molar-refractivity contribution in [2.75, 3.05) is 11.9 Å². The van der Waals surface area contributed by atoms with Gasteiger partial charge in [0.15, 0.2) is 5.96 Å². The summed E-state index contributed by atoms with van der Waals surface area (Å²) in [6.07, 6.45) is 4.59. The van der Waals surface area contributed by atoms with Crippen LogP contribution in [0.15, 0.2) is 29.3 Å². The van der Waals surface area contributed by atoms with E-state index in [4.69, 9.17) is 15.9 Å². The number of carbonyl (C=O) groups excluding carboxylic acids is 1. The number of rotatable bonds is 8. The zero-order valence-corrected chi connectivity index (χ0v) is 21.2. The second-order valence-electron chi connectivity index (χ2n) is 8.46. The lowest BCUT2D eigenvalue weighted by molar-refractivity contribution is 0.109. The van der Waals surface area contributed by atoms with Gasteiger partial charge in [-0.15, -0.1) is 11.3 Å². The van der Waals surface area contributed by atoms with Crippen LogP contribution in [-0.2, 0) is 14.8 Å². The van der Waals surface area contributed by atoms with Crippen molar-refractivity contribution in [2.45, 2.75) is 69.4 Å². The fourth-order valence-corrected chi connectivity index (χ4v) is 6.43. The number of hydrogen-bond acceptors (Lipinski definition) is 7. The number of benzene rings is 1. The second kappa shape index (κ2) is 11.2. The fraction of sp³-hybridized carbons (Fsp3) is 0.500. The van der Waals surface area contributed by atoms with Crippen molar-refractivity contribution in [3.8, 4) is 10.4 Å². The summed E-state index contributed by atoms with van der Waals surface area (Å²) in [5, 5.41) is 13.9. The Bertz CT molecular complexity index is 1120. The van der Waals surface area contributed by atoms with E-state index in [1.165, 1.54) is 17.4 Å². The van der Waals surface area contributed by atoms with Gasteiger partial charge < -0.3 is 21.1 Å². The molecule has 6 N–H and O–H groups in total. The van der Waals surface area contributed by atoms with Gasteiger partial charge in [0.1, 0.15) is 0 Å². The summed E-state index contributed by atoms with van der Waals surface area (Å²) in [7, 11) is -3.77. The maximum atomic E-state index is 12.9. The number of ether oxygens (including phenoxy) is 1. The Hall–Kier alpha value is -2.70. The minimum atomic E-state index is -3.77. The van der Waals surface area contributed by atoms with Crippen LogP contribution in [0.1, 0.15) is 57.4 Å². The summed E-state index contributed by atoms with van der Waals surface area (Å²) in [5.74, 6) is -0.0208. The molecule has 0 radical (unpaired) electrons. The number of nitrogens with zero attached hydrogens (tertiary/aromatic N) is 1. The molecule has 1 amide bonds. The Labute approximate surface area is 204 Å². The Morgan fingerprint density at radius 2 is 2.00 bits per heavy atom. The van der Waals surface area contributed by atoms with Crippen LogP contribution >= 0.6 is 11.3 Å². The van der Waals surface area contributed by atoms with Crippen molar-refractivity contribution >= 4 is 39.1 Å². The monoisotopic (exact) mass is 508 g/mol. The van der Waals surface area contributed by atoms with Gasteiger partial charge >= 0.3 is 6.09 Å². The van der Waals surface area contributed by atoms with Crippen molar-refractivity contribution in [3.05, 3.63) is 29.4 Å². The Morgan fingerprint density at radius 1 is 1.29 bits per heavy atom. The van der Waals surface area contributed by atoms with Crippen molar-refractivity contribution < 1.29 is 17.9 Å². The lowest BCUT2D eigenvalue weighted by Gasteiger charge is -2.28. The molecule has 0 aliphatic heterocycles. The predicted octanol–water partition coefficient (Wildman–Crippen LogP) is 3.57. The van der Waals surface area contributed by atoms with E-state index in [2.05, 4.69) is 20.3 Å². The van der Waals surface area contributed by atoms with Crippen LogP contribution < -0.4 is 21.1 Å². The first-order chi connectivity index (χ1) is 16.1. The molecule has 186 valence electrons. The molecule has 12 heteroatoms. The molecule has 1 aromatic heterocycles. The van der Waals surface area contributed by atoms with Crippen molar-refractivity contribution in [1.82, 2.24) is 15.0 Å². The SMILES string of the molecule is CCNS(=O)(=O)c1cc(NC(=N)N)ccc1-c1cnc([C@H]2CC[C@H](NC(=O)OC(C)C)CC2)s1. The molecule has 1 heterocycles. The number of nitrogens with one attached hydrogen (secondary N) is 4. The van der Waals surface area contributed by atoms with Gasteiger partial charge in [0.25, 0.3) is 0 Å². The number of alkyl carbamates (subject to hydrolysis) is 1. The van der Waals surface area contributed by atoms with E-state index in [1.807, 2.05) is 13.8 Å². The average molecular weight is 509 g/mol. The van der Waals surface area contributed by atoms with Crippen LogP contribution in [-0.4, -0.2) is 44.1 Å². The summed E-state index contributed by atoms with van der Waals surface area (Å²) in [4.78, 5) is 17.3. The summed E-state index contributed by atoms with van der Waals surface area (Å²) in [5.41, 5.74) is 6.37. The largest absolute Gasteiger partial charge is 0.447 e. The summed E-state index contributed by atoms with van der Waals surface area (Å²) >= 11 is 1.48.